The van der Waals surface area contributed by atoms with Gasteiger partial charge in [0, 0.05) is 18.2 Å². The van der Waals surface area contributed by atoms with Gasteiger partial charge in [-0.25, -0.2) is 0 Å². The van der Waals surface area contributed by atoms with Gasteiger partial charge in [0.1, 0.15) is 0 Å². The number of aromatic nitrogens is 5. The fourth-order valence-corrected chi connectivity index (χ4v) is 2.36. The van der Waals surface area contributed by atoms with Crippen molar-refractivity contribution in [3.8, 4) is 0 Å². The predicted octanol–water partition coefficient (Wildman–Crippen LogP) is 3.30. The molecule has 0 spiro atoms. The van der Waals surface area contributed by atoms with Crippen molar-refractivity contribution in [3.63, 3.8) is 0 Å². The van der Waals surface area contributed by atoms with E-state index in [1.807, 2.05) is 18.2 Å². The van der Waals surface area contributed by atoms with E-state index in [-0.39, 0.29) is 5.92 Å². The van der Waals surface area contributed by atoms with Crippen LogP contribution in [-0.2, 0) is 6.54 Å². The molecule has 6 nitrogen and oxygen atoms in total. The van der Waals surface area contributed by atoms with Crippen LogP contribution in [0, 0.1) is 0 Å². The van der Waals surface area contributed by atoms with Gasteiger partial charge in [0.15, 0.2) is 11.0 Å². The second-order valence-corrected chi connectivity index (χ2v) is 5.55. The zero-order valence-corrected chi connectivity index (χ0v) is 13.2. The normalized spacial score (nSPS) is 12.5. The van der Waals surface area contributed by atoms with Gasteiger partial charge in [0.05, 0.1) is 17.9 Å². The molecule has 0 fully saturated rings. The van der Waals surface area contributed by atoms with E-state index in [1.54, 1.807) is 16.8 Å². The fraction of sp³-hybridized carbons (Fsp3) is 0.333. The van der Waals surface area contributed by atoms with Crippen LogP contribution in [0.15, 0.2) is 30.5 Å². The number of nitrogens with one attached hydrogen (secondary N) is 1. The molecule has 0 bridgehead atoms. The lowest BCUT2D eigenvalue weighted by molar-refractivity contribution is 0.648. The summed E-state index contributed by atoms with van der Waals surface area (Å²) < 4.78 is 1.72. The molecule has 3 aromatic rings. The first-order valence-corrected chi connectivity index (χ1v) is 7.62. The van der Waals surface area contributed by atoms with Crippen LogP contribution in [0.5, 0.6) is 0 Å². The van der Waals surface area contributed by atoms with Crippen LogP contribution in [0.3, 0.4) is 0 Å². The summed E-state index contributed by atoms with van der Waals surface area (Å²) in [7, 11) is 0. The van der Waals surface area contributed by atoms with Crippen LogP contribution >= 0.6 is 11.6 Å². The highest BCUT2D eigenvalue weighted by Gasteiger charge is 2.16. The predicted molar refractivity (Wildman–Crippen MR) is 86.1 cm³/mol. The molecule has 3 heterocycles. The van der Waals surface area contributed by atoms with Gasteiger partial charge in [-0.3, -0.25) is 4.98 Å². The molecule has 0 amide bonds. The molecule has 1 unspecified atom stereocenters. The van der Waals surface area contributed by atoms with Crippen molar-refractivity contribution in [2.24, 2.45) is 0 Å². The van der Waals surface area contributed by atoms with Crippen LogP contribution in [0.1, 0.15) is 37.7 Å². The molecule has 1 atom stereocenters. The Morgan fingerprint density at radius 3 is 2.91 bits per heavy atom. The van der Waals surface area contributed by atoms with E-state index >= 15 is 0 Å². The second kappa shape index (κ2) is 6.27. The molecule has 0 aliphatic carbocycles. The molecule has 1 N–H and O–H groups in total. The van der Waals surface area contributed by atoms with E-state index in [4.69, 9.17) is 11.6 Å². The summed E-state index contributed by atoms with van der Waals surface area (Å²) in [4.78, 5) is 4.29. The smallest absolute Gasteiger partial charge is 0.201 e. The first-order chi connectivity index (χ1) is 10.7. The molecule has 114 valence electrons. The Morgan fingerprint density at radius 1 is 1.32 bits per heavy atom. The number of halogens is 1. The van der Waals surface area contributed by atoms with Crippen LogP contribution in [0.2, 0.25) is 5.15 Å². The Labute approximate surface area is 133 Å². The van der Waals surface area contributed by atoms with Crippen LogP contribution < -0.4 is 5.32 Å². The van der Waals surface area contributed by atoms with Crippen molar-refractivity contribution in [2.45, 2.75) is 32.7 Å². The largest absolute Gasteiger partial charge is 0.376 e. The SMILES string of the molecule is CCC(C)c1nnc2c(NCc3ccccn3)cc(Cl)nn12. The summed E-state index contributed by atoms with van der Waals surface area (Å²) in [6.45, 7) is 4.79. The maximum atomic E-state index is 6.14. The maximum Gasteiger partial charge on any atom is 0.201 e. The number of rotatable bonds is 5. The number of fused-ring (bicyclic) bond motifs is 1. The number of pyridine rings is 1. The number of anilines is 1. The third-order valence-electron chi connectivity index (χ3n) is 3.60. The monoisotopic (exact) mass is 316 g/mol. The molecule has 0 radical (unpaired) electrons. The Balaban J connectivity index is 1.94. The summed E-state index contributed by atoms with van der Waals surface area (Å²) in [6, 6.07) is 7.56. The van der Waals surface area contributed by atoms with Gasteiger partial charge in [-0.05, 0) is 18.6 Å². The van der Waals surface area contributed by atoms with Crippen LogP contribution in [0.4, 0.5) is 5.69 Å². The molecule has 0 saturated heterocycles. The Bertz CT molecular complexity index is 770. The summed E-state index contributed by atoms with van der Waals surface area (Å²) in [5, 5.41) is 16.5. The fourth-order valence-electron chi connectivity index (χ4n) is 2.17. The lowest BCUT2D eigenvalue weighted by atomic mass is 10.1. The van der Waals surface area contributed by atoms with Crippen molar-refractivity contribution in [1.29, 1.82) is 0 Å². The molecule has 0 saturated carbocycles. The van der Waals surface area contributed by atoms with E-state index in [1.165, 1.54) is 0 Å². The Kier molecular flexibility index (Phi) is 4.20. The first-order valence-electron chi connectivity index (χ1n) is 7.24. The molecule has 22 heavy (non-hydrogen) atoms. The van der Waals surface area contributed by atoms with Gasteiger partial charge in [-0.1, -0.05) is 31.5 Å². The van der Waals surface area contributed by atoms with Gasteiger partial charge >= 0.3 is 0 Å². The van der Waals surface area contributed by atoms with E-state index in [9.17, 15) is 0 Å². The molecule has 0 aromatic carbocycles. The highest BCUT2D eigenvalue weighted by atomic mass is 35.5. The van der Waals surface area contributed by atoms with Crippen molar-refractivity contribution in [3.05, 3.63) is 47.1 Å². The zero-order chi connectivity index (χ0) is 15.5. The molecule has 0 aliphatic heterocycles. The van der Waals surface area contributed by atoms with E-state index in [0.717, 1.165) is 23.6 Å². The summed E-state index contributed by atoms with van der Waals surface area (Å²) >= 11 is 6.14. The van der Waals surface area contributed by atoms with E-state index in [2.05, 4.69) is 39.4 Å². The standard InChI is InChI=1S/C15H17ClN6/c1-3-10(2)14-19-20-15-12(8-13(16)21-22(14)15)18-9-11-6-4-5-7-17-11/h4-8,10,18H,3,9H2,1-2H3. The minimum absolute atomic E-state index is 0.268. The van der Waals surface area contributed by atoms with Crippen molar-refractivity contribution in [1.82, 2.24) is 24.8 Å². The van der Waals surface area contributed by atoms with Gasteiger partial charge in [-0.15, -0.1) is 10.2 Å². The molecule has 3 aromatic heterocycles. The van der Waals surface area contributed by atoms with Crippen molar-refractivity contribution >= 4 is 22.9 Å². The summed E-state index contributed by atoms with van der Waals surface area (Å²) in [5.74, 6) is 1.09. The van der Waals surface area contributed by atoms with E-state index < -0.39 is 0 Å². The first kappa shape index (κ1) is 14.7. The third-order valence-corrected chi connectivity index (χ3v) is 3.79. The number of nitrogens with zero attached hydrogens (tertiary/aromatic N) is 5. The minimum Gasteiger partial charge on any atom is -0.376 e. The summed E-state index contributed by atoms with van der Waals surface area (Å²) in [6.07, 6.45) is 2.73. The van der Waals surface area contributed by atoms with Gasteiger partial charge in [0.25, 0.3) is 0 Å². The highest BCUT2D eigenvalue weighted by molar-refractivity contribution is 6.29. The van der Waals surface area contributed by atoms with Crippen LogP contribution in [-0.4, -0.2) is 24.8 Å². The topological polar surface area (TPSA) is 68.0 Å². The molecule has 0 aliphatic rings. The maximum absolute atomic E-state index is 6.14. The zero-order valence-electron chi connectivity index (χ0n) is 12.5. The average molecular weight is 317 g/mol. The summed E-state index contributed by atoms with van der Waals surface area (Å²) in [5.41, 5.74) is 2.42. The van der Waals surface area contributed by atoms with Gasteiger partial charge < -0.3 is 5.32 Å². The van der Waals surface area contributed by atoms with Gasteiger partial charge in [-0.2, -0.15) is 9.61 Å². The molecule has 7 heteroatoms. The number of hydrogen-bond acceptors (Lipinski definition) is 5. The Hall–Kier alpha value is -2.21. The lowest BCUT2D eigenvalue weighted by Crippen LogP contribution is -2.07. The van der Waals surface area contributed by atoms with Crippen molar-refractivity contribution < 1.29 is 0 Å². The molecular formula is C15H17ClN6. The van der Waals surface area contributed by atoms with Crippen LogP contribution in [0.25, 0.3) is 5.65 Å². The minimum atomic E-state index is 0.268. The quantitative estimate of drug-likeness (QED) is 0.782. The van der Waals surface area contributed by atoms with Gasteiger partial charge in [0.2, 0.25) is 5.65 Å². The average Bonchev–Trinajstić information content (AvgIpc) is 2.96. The molecular weight excluding hydrogens is 300 g/mol. The number of hydrogen-bond donors (Lipinski definition) is 1. The third kappa shape index (κ3) is 2.87. The second-order valence-electron chi connectivity index (χ2n) is 5.16. The lowest BCUT2D eigenvalue weighted by Gasteiger charge is -2.09. The van der Waals surface area contributed by atoms with E-state index in [0.29, 0.717) is 17.3 Å². The molecule has 3 rings (SSSR count). The Morgan fingerprint density at radius 2 is 2.18 bits per heavy atom. The van der Waals surface area contributed by atoms with Crippen molar-refractivity contribution in [2.75, 3.05) is 5.32 Å². The highest BCUT2D eigenvalue weighted by Crippen LogP contribution is 2.23.